The number of halogens is 1. The van der Waals surface area contributed by atoms with Crippen molar-refractivity contribution in [3.63, 3.8) is 0 Å². The topological polar surface area (TPSA) is 65.5 Å². The summed E-state index contributed by atoms with van der Waals surface area (Å²) in [7, 11) is 0. The summed E-state index contributed by atoms with van der Waals surface area (Å²) >= 11 is 0. The van der Waals surface area contributed by atoms with Crippen molar-refractivity contribution < 1.29 is 4.79 Å². The van der Waals surface area contributed by atoms with Crippen molar-refractivity contribution >= 4 is 35.8 Å². The second-order valence-corrected chi connectivity index (χ2v) is 4.27. The average molecular weight is 338 g/mol. The van der Waals surface area contributed by atoms with E-state index in [-0.39, 0.29) is 35.9 Å². The zero-order valence-electron chi connectivity index (χ0n) is 9.45. The van der Waals surface area contributed by atoms with Gasteiger partial charge in [-0.3, -0.25) is 9.79 Å². The number of rotatable bonds is 2. The van der Waals surface area contributed by atoms with E-state index in [4.69, 9.17) is 0 Å². The number of guanidine groups is 1. The summed E-state index contributed by atoms with van der Waals surface area (Å²) in [5.41, 5.74) is 0. The molecule has 0 bridgehead atoms. The van der Waals surface area contributed by atoms with Gasteiger partial charge in [0.25, 0.3) is 0 Å². The van der Waals surface area contributed by atoms with Crippen LogP contribution in [-0.4, -0.2) is 37.0 Å². The fourth-order valence-electron chi connectivity index (χ4n) is 1.91. The standard InChI is InChI=1S/C10H18N4O.HI/c1-7-5-11-10(13-7)12-6-8-3-2-4-9(15)14-8;/h7-8H,2-6H2,1H3,(H,14,15)(H2,11,12,13);1H. The van der Waals surface area contributed by atoms with Crippen LogP contribution in [0.1, 0.15) is 26.2 Å². The zero-order chi connectivity index (χ0) is 10.7. The van der Waals surface area contributed by atoms with Crippen LogP contribution >= 0.6 is 24.0 Å². The molecule has 2 atom stereocenters. The van der Waals surface area contributed by atoms with E-state index < -0.39 is 0 Å². The molecule has 5 nitrogen and oxygen atoms in total. The third-order valence-corrected chi connectivity index (χ3v) is 2.74. The van der Waals surface area contributed by atoms with Gasteiger partial charge >= 0.3 is 0 Å². The lowest BCUT2D eigenvalue weighted by Crippen LogP contribution is -2.48. The van der Waals surface area contributed by atoms with Crippen LogP contribution in [0, 0.1) is 0 Å². The first-order valence-electron chi connectivity index (χ1n) is 5.58. The van der Waals surface area contributed by atoms with Crippen LogP contribution in [0.25, 0.3) is 0 Å². The minimum absolute atomic E-state index is 0. The van der Waals surface area contributed by atoms with Crippen molar-refractivity contribution in [2.24, 2.45) is 4.99 Å². The predicted octanol–water partition coefficient (Wildman–Crippen LogP) is 0.210. The van der Waals surface area contributed by atoms with Crippen molar-refractivity contribution in [1.29, 1.82) is 0 Å². The average Bonchev–Trinajstić information content (AvgIpc) is 2.62. The van der Waals surface area contributed by atoms with Gasteiger partial charge in [0.2, 0.25) is 5.91 Å². The Hall–Kier alpha value is -0.530. The highest BCUT2D eigenvalue weighted by molar-refractivity contribution is 14.0. The number of hydrogen-bond acceptors (Lipinski definition) is 4. The van der Waals surface area contributed by atoms with Crippen LogP contribution in [0.4, 0.5) is 0 Å². The van der Waals surface area contributed by atoms with Crippen LogP contribution in [0.5, 0.6) is 0 Å². The summed E-state index contributed by atoms with van der Waals surface area (Å²) in [5.74, 6) is 1.03. The summed E-state index contributed by atoms with van der Waals surface area (Å²) in [6, 6.07) is 0.681. The van der Waals surface area contributed by atoms with E-state index in [0.29, 0.717) is 12.5 Å². The molecule has 2 rings (SSSR count). The van der Waals surface area contributed by atoms with E-state index in [0.717, 1.165) is 31.9 Å². The zero-order valence-corrected chi connectivity index (χ0v) is 11.8. The van der Waals surface area contributed by atoms with E-state index in [1.165, 1.54) is 0 Å². The minimum atomic E-state index is 0. The molecule has 2 unspecified atom stereocenters. The van der Waals surface area contributed by atoms with Gasteiger partial charge in [-0.1, -0.05) is 0 Å². The monoisotopic (exact) mass is 338 g/mol. The fourth-order valence-corrected chi connectivity index (χ4v) is 1.91. The molecule has 1 amide bonds. The number of nitrogens with zero attached hydrogens (tertiary/aromatic N) is 1. The van der Waals surface area contributed by atoms with Gasteiger partial charge in [0.05, 0.1) is 6.54 Å². The van der Waals surface area contributed by atoms with Gasteiger partial charge < -0.3 is 16.0 Å². The lowest BCUT2D eigenvalue weighted by atomic mass is 10.0. The first-order valence-corrected chi connectivity index (χ1v) is 5.58. The van der Waals surface area contributed by atoms with E-state index in [1.54, 1.807) is 0 Å². The van der Waals surface area contributed by atoms with Crippen LogP contribution in [0.15, 0.2) is 4.99 Å². The Bertz CT molecular complexity index is 282. The molecule has 92 valence electrons. The Morgan fingerprint density at radius 2 is 2.31 bits per heavy atom. The summed E-state index contributed by atoms with van der Waals surface area (Å²) in [6.45, 7) is 3.70. The molecule has 16 heavy (non-hydrogen) atoms. The maximum absolute atomic E-state index is 11.1. The van der Waals surface area contributed by atoms with Crippen LogP contribution in [-0.2, 0) is 4.79 Å². The van der Waals surface area contributed by atoms with E-state index in [1.807, 2.05) is 0 Å². The van der Waals surface area contributed by atoms with Crippen molar-refractivity contribution in [3.05, 3.63) is 0 Å². The summed E-state index contributed by atoms with van der Waals surface area (Å²) < 4.78 is 0. The SMILES string of the molecule is CC1CN=C(NCC2CCCC(=O)N2)N1.I. The fraction of sp³-hybridized carbons (Fsp3) is 0.800. The Labute approximate surface area is 113 Å². The number of hydrogen-bond donors (Lipinski definition) is 3. The summed E-state index contributed by atoms with van der Waals surface area (Å²) in [5, 5.41) is 9.42. The second-order valence-electron chi connectivity index (χ2n) is 4.27. The van der Waals surface area contributed by atoms with Gasteiger partial charge in [0.15, 0.2) is 5.96 Å². The molecule has 2 aliphatic heterocycles. The third-order valence-electron chi connectivity index (χ3n) is 2.74. The van der Waals surface area contributed by atoms with E-state index in [9.17, 15) is 4.79 Å². The highest BCUT2D eigenvalue weighted by atomic mass is 127. The van der Waals surface area contributed by atoms with Gasteiger partial charge in [-0.2, -0.15) is 0 Å². The highest BCUT2D eigenvalue weighted by Gasteiger charge is 2.19. The molecule has 1 saturated heterocycles. The molecule has 0 saturated carbocycles. The first kappa shape index (κ1) is 13.5. The molecule has 3 N–H and O–H groups in total. The second kappa shape index (κ2) is 6.27. The first-order chi connectivity index (χ1) is 7.24. The van der Waals surface area contributed by atoms with Crippen molar-refractivity contribution in [3.8, 4) is 0 Å². The van der Waals surface area contributed by atoms with Crippen molar-refractivity contribution in [2.75, 3.05) is 13.1 Å². The normalized spacial score (nSPS) is 28.6. The summed E-state index contributed by atoms with van der Waals surface area (Å²) in [4.78, 5) is 15.4. The Balaban J connectivity index is 0.00000128. The number of carbonyl (C=O) groups excluding carboxylic acids is 1. The largest absolute Gasteiger partial charge is 0.354 e. The van der Waals surface area contributed by atoms with Gasteiger partial charge in [-0.05, 0) is 19.8 Å². The molecule has 0 aromatic carbocycles. The van der Waals surface area contributed by atoms with Crippen molar-refractivity contribution in [2.45, 2.75) is 38.3 Å². The lowest BCUT2D eigenvalue weighted by molar-refractivity contribution is -0.123. The van der Waals surface area contributed by atoms with E-state index in [2.05, 4.69) is 27.9 Å². The minimum Gasteiger partial charge on any atom is -0.354 e. The van der Waals surface area contributed by atoms with E-state index >= 15 is 0 Å². The number of carbonyl (C=O) groups is 1. The van der Waals surface area contributed by atoms with Gasteiger partial charge in [-0.25, -0.2) is 0 Å². The lowest BCUT2D eigenvalue weighted by Gasteiger charge is -2.23. The Kier molecular flexibility index (Phi) is 5.30. The van der Waals surface area contributed by atoms with Gasteiger partial charge in [0.1, 0.15) is 0 Å². The Morgan fingerprint density at radius 1 is 1.50 bits per heavy atom. The summed E-state index contributed by atoms with van der Waals surface area (Å²) in [6.07, 6.45) is 2.72. The number of amides is 1. The number of piperidine rings is 1. The molecule has 2 aliphatic rings. The maximum atomic E-state index is 11.1. The molecule has 0 aliphatic carbocycles. The molecule has 6 heteroatoms. The maximum Gasteiger partial charge on any atom is 0.220 e. The van der Waals surface area contributed by atoms with Crippen LogP contribution < -0.4 is 16.0 Å². The molecule has 0 radical (unpaired) electrons. The molecule has 1 fully saturated rings. The van der Waals surface area contributed by atoms with Crippen molar-refractivity contribution in [1.82, 2.24) is 16.0 Å². The molecular formula is C10H19IN4O. The molecule has 0 aromatic heterocycles. The van der Waals surface area contributed by atoms with Crippen LogP contribution in [0.2, 0.25) is 0 Å². The predicted molar refractivity (Wildman–Crippen MR) is 74.1 cm³/mol. The number of nitrogens with one attached hydrogen (secondary N) is 3. The quantitative estimate of drug-likeness (QED) is 0.631. The van der Waals surface area contributed by atoms with Gasteiger partial charge in [0, 0.05) is 25.0 Å². The number of aliphatic imine (C=N–C) groups is 1. The third kappa shape index (κ3) is 3.80. The Morgan fingerprint density at radius 3 is 2.94 bits per heavy atom. The molecule has 0 aromatic rings. The highest BCUT2D eigenvalue weighted by Crippen LogP contribution is 2.07. The van der Waals surface area contributed by atoms with Gasteiger partial charge in [-0.15, -0.1) is 24.0 Å². The molecule has 2 heterocycles. The molecule has 0 spiro atoms. The smallest absolute Gasteiger partial charge is 0.220 e. The molecular weight excluding hydrogens is 319 g/mol. The van der Waals surface area contributed by atoms with Crippen LogP contribution in [0.3, 0.4) is 0 Å².